The van der Waals surface area contributed by atoms with E-state index in [9.17, 15) is 29.1 Å². The van der Waals surface area contributed by atoms with Crippen LogP contribution >= 0.6 is 0 Å². The van der Waals surface area contributed by atoms with E-state index in [1.54, 1.807) is 51.1 Å². The number of hydrogen-bond acceptors (Lipinski definition) is 12. The number of aliphatic hydroxyl groups excluding tert-OH is 1. The molecule has 1 saturated heterocycles. The van der Waals surface area contributed by atoms with E-state index in [-0.39, 0.29) is 12.0 Å². The predicted octanol–water partition coefficient (Wildman–Crippen LogP) is 2.13. The third kappa shape index (κ3) is 5.04. The molecule has 12 heteroatoms. The summed E-state index contributed by atoms with van der Waals surface area (Å²) >= 11 is 0. The Balaban J connectivity index is 2.03. The summed E-state index contributed by atoms with van der Waals surface area (Å²) in [7, 11) is 0. The standard InChI is InChI=1S/C30H38O12/c1-15-13-21(38-17(3)32)24(35)29(14-37-16(2)31)26(40-19(5)34)23(41-27(36)20-11-9-8-10-12-20)22-25(39-18(4)33)30(15,29)42-28(22,6)7/h8-12,15,21-26,35H,13-14H2,1-7H3. The van der Waals surface area contributed by atoms with Gasteiger partial charge in [0.25, 0.3) is 0 Å². The molecule has 2 aliphatic carbocycles. The SMILES string of the molecule is CC(=O)OCC12C(O)C(OC(C)=O)CC(C)C13OC(C)(C)C(C(OC(=O)c1ccccc1)C2OC(C)=O)C3OC(C)=O. The summed E-state index contributed by atoms with van der Waals surface area (Å²) < 4.78 is 35.9. The van der Waals surface area contributed by atoms with Gasteiger partial charge in [0.05, 0.1) is 17.1 Å². The third-order valence-corrected chi connectivity index (χ3v) is 8.74. The van der Waals surface area contributed by atoms with Crippen LogP contribution in [0, 0.1) is 17.3 Å². The fraction of sp³-hybridized carbons (Fsp3) is 0.633. The average Bonchev–Trinajstić information content (AvgIpc) is 3.07. The van der Waals surface area contributed by atoms with Gasteiger partial charge in [-0.3, -0.25) is 19.2 Å². The molecule has 1 N–H and O–H groups in total. The summed E-state index contributed by atoms with van der Waals surface area (Å²) in [6.45, 7) is 9.30. The van der Waals surface area contributed by atoms with Gasteiger partial charge in [-0.15, -0.1) is 0 Å². The fourth-order valence-electron chi connectivity index (χ4n) is 7.47. The highest BCUT2D eigenvalue weighted by Crippen LogP contribution is 2.68. The smallest absolute Gasteiger partial charge is 0.338 e. The number of rotatable bonds is 7. The number of ether oxygens (including phenoxy) is 6. The minimum absolute atomic E-state index is 0.0738. The van der Waals surface area contributed by atoms with E-state index in [0.717, 1.165) is 13.8 Å². The van der Waals surface area contributed by atoms with Crippen molar-refractivity contribution < 1.29 is 57.5 Å². The van der Waals surface area contributed by atoms with E-state index in [4.69, 9.17) is 28.4 Å². The number of fused-ring (bicyclic) bond motifs is 1. The van der Waals surface area contributed by atoms with Crippen molar-refractivity contribution in [2.75, 3.05) is 6.61 Å². The Morgan fingerprint density at radius 1 is 0.857 bits per heavy atom. The lowest BCUT2D eigenvalue weighted by Crippen LogP contribution is -2.81. The van der Waals surface area contributed by atoms with Gasteiger partial charge in [-0.2, -0.15) is 0 Å². The molecule has 1 aromatic carbocycles. The van der Waals surface area contributed by atoms with E-state index >= 15 is 0 Å². The highest BCUT2D eigenvalue weighted by molar-refractivity contribution is 5.89. The summed E-state index contributed by atoms with van der Waals surface area (Å²) in [5, 5.41) is 12.2. The number of benzene rings is 1. The summed E-state index contributed by atoms with van der Waals surface area (Å²) in [5.41, 5.74) is -4.58. The predicted molar refractivity (Wildman–Crippen MR) is 143 cm³/mol. The molecule has 2 saturated carbocycles. The minimum atomic E-state index is -1.94. The normalized spacial score (nSPS) is 36.1. The quantitative estimate of drug-likeness (QED) is 0.364. The van der Waals surface area contributed by atoms with Crippen molar-refractivity contribution in [1.29, 1.82) is 0 Å². The fourth-order valence-corrected chi connectivity index (χ4v) is 7.47. The van der Waals surface area contributed by atoms with Crippen molar-refractivity contribution in [3.8, 4) is 0 Å². The first kappa shape index (κ1) is 31.4. The van der Waals surface area contributed by atoms with E-state index < -0.39 is 95.4 Å². The van der Waals surface area contributed by atoms with Gasteiger partial charge in [0, 0.05) is 27.7 Å². The van der Waals surface area contributed by atoms with Gasteiger partial charge in [-0.1, -0.05) is 25.1 Å². The van der Waals surface area contributed by atoms with Crippen LogP contribution in [0.3, 0.4) is 0 Å². The molecule has 4 rings (SSSR count). The molecular formula is C30H38O12. The molecule has 0 aromatic heterocycles. The van der Waals surface area contributed by atoms with Crippen LogP contribution in [0.5, 0.6) is 0 Å². The lowest BCUT2D eigenvalue weighted by molar-refractivity contribution is -0.329. The monoisotopic (exact) mass is 590 g/mol. The second-order valence-corrected chi connectivity index (χ2v) is 11.9. The van der Waals surface area contributed by atoms with Gasteiger partial charge in [-0.25, -0.2) is 4.79 Å². The Morgan fingerprint density at radius 2 is 1.43 bits per heavy atom. The molecule has 1 heterocycles. The van der Waals surface area contributed by atoms with Crippen LogP contribution in [-0.4, -0.2) is 83.3 Å². The van der Waals surface area contributed by atoms with E-state index in [1.165, 1.54) is 13.8 Å². The van der Waals surface area contributed by atoms with Crippen molar-refractivity contribution in [2.45, 2.75) is 96.6 Å². The summed E-state index contributed by atoms with van der Waals surface area (Å²) in [5.74, 6) is -5.16. The molecule has 3 aliphatic rings. The number of esters is 5. The Kier molecular flexibility index (Phi) is 8.45. The molecule has 42 heavy (non-hydrogen) atoms. The van der Waals surface area contributed by atoms with Gasteiger partial charge in [0.15, 0.2) is 6.10 Å². The molecule has 1 aliphatic heterocycles. The number of hydrogen-bond donors (Lipinski definition) is 1. The van der Waals surface area contributed by atoms with Crippen molar-refractivity contribution in [3.05, 3.63) is 35.9 Å². The van der Waals surface area contributed by atoms with E-state index in [1.807, 2.05) is 0 Å². The summed E-state index contributed by atoms with van der Waals surface area (Å²) in [4.78, 5) is 63.2. The summed E-state index contributed by atoms with van der Waals surface area (Å²) in [6, 6.07) is 8.10. The zero-order valence-electron chi connectivity index (χ0n) is 24.8. The maximum absolute atomic E-state index is 13.5. The number of carbonyl (C=O) groups excluding carboxylic acids is 5. The van der Waals surface area contributed by atoms with Crippen LogP contribution in [0.1, 0.15) is 65.2 Å². The second kappa shape index (κ2) is 11.3. The molecule has 1 spiro atoms. The number of aliphatic hydroxyl groups is 1. The molecule has 0 radical (unpaired) electrons. The largest absolute Gasteiger partial charge is 0.465 e. The summed E-state index contributed by atoms with van der Waals surface area (Å²) in [6.07, 6.45) is -6.80. The third-order valence-electron chi connectivity index (χ3n) is 8.74. The first-order valence-corrected chi connectivity index (χ1v) is 13.9. The number of carbonyl (C=O) groups is 5. The maximum atomic E-state index is 13.5. The topological polar surface area (TPSA) is 161 Å². The first-order chi connectivity index (χ1) is 19.6. The first-order valence-electron chi connectivity index (χ1n) is 13.9. The van der Waals surface area contributed by atoms with Gasteiger partial charge >= 0.3 is 29.8 Å². The molecule has 3 fully saturated rings. The van der Waals surface area contributed by atoms with Gasteiger partial charge in [0.2, 0.25) is 0 Å². The molecule has 12 nitrogen and oxygen atoms in total. The van der Waals surface area contributed by atoms with Crippen LogP contribution in [0.25, 0.3) is 0 Å². The zero-order chi connectivity index (χ0) is 31.2. The highest BCUT2D eigenvalue weighted by atomic mass is 16.6. The van der Waals surface area contributed by atoms with E-state index in [2.05, 4.69) is 0 Å². The highest BCUT2D eigenvalue weighted by Gasteiger charge is 2.85. The lowest BCUT2D eigenvalue weighted by Gasteiger charge is -2.64. The molecule has 2 bridgehead atoms. The average molecular weight is 591 g/mol. The van der Waals surface area contributed by atoms with Gasteiger partial charge in [0.1, 0.15) is 42.0 Å². The van der Waals surface area contributed by atoms with Crippen LogP contribution in [0.15, 0.2) is 30.3 Å². The van der Waals surface area contributed by atoms with Gasteiger partial charge < -0.3 is 33.5 Å². The Labute approximate surface area is 243 Å². The second-order valence-electron chi connectivity index (χ2n) is 11.9. The Morgan fingerprint density at radius 3 is 1.98 bits per heavy atom. The van der Waals surface area contributed by atoms with Crippen molar-refractivity contribution >= 4 is 29.8 Å². The van der Waals surface area contributed by atoms with Crippen LogP contribution in [-0.2, 0) is 47.6 Å². The van der Waals surface area contributed by atoms with E-state index in [0.29, 0.717) is 0 Å². The van der Waals surface area contributed by atoms with Crippen LogP contribution in [0.2, 0.25) is 0 Å². The van der Waals surface area contributed by atoms with Crippen LogP contribution in [0.4, 0.5) is 0 Å². The molecule has 9 atom stereocenters. The maximum Gasteiger partial charge on any atom is 0.338 e. The molecule has 230 valence electrons. The molecule has 0 amide bonds. The lowest BCUT2D eigenvalue weighted by atomic mass is 9.47. The molecule has 9 unspecified atom stereocenters. The minimum Gasteiger partial charge on any atom is -0.465 e. The zero-order valence-corrected chi connectivity index (χ0v) is 24.8. The Bertz CT molecular complexity index is 1240. The van der Waals surface area contributed by atoms with Crippen LogP contribution < -0.4 is 0 Å². The van der Waals surface area contributed by atoms with Crippen molar-refractivity contribution in [2.24, 2.45) is 17.3 Å². The Hall–Kier alpha value is -3.51. The van der Waals surface area contributed by atoms with Gasteiger partial charge in [-0.05, 0) is 38.3 Å². The van der Waals surface area contributed by atoms with Crippen molar-refractivity contribution in [3.63, 3.8) is 0 Å². The van der Waals surface area contributed by atoms with Crippen molar-refractivity contribution in [1.82, 2.24) is 0 Å². The molecular weight excluding hydrogens is 552 g/mol. The molecule has 1 aromatic rings.